The molecule has 0 spiro atoms. The molecule has 0 aliphatic carbocycles. The predicted octanol–water partition coefficient (Wildman–Crippen LogP) is 5.11. The van der Waals surface area contributed by atoms with E-state index in [1.54, 1.807) is 19.3 Å². The van der Waals surface area contributed by atoms with Crippen LogP contribution in [-0.2, 0) is 16.8 Å². The molecule has 0 saturated carbocycles. The van der Waals surface area contributed by atoms with Crippen LogP contribution in [0.4, 0.5) is 5.69 Å². The van der Waals surface area contributed by atoms with Crippen molar-refractivity contribution >= 4 is 23.2 Å². The van der Waals surface area contributed by atoms with Crippen molar-refractivity contribution in [3.63, 3.8) is 0 Å². The van der Waals surface area contributed by atoms with Crippen LogP contribution in [0.3, 0.4) is 0 Å². The summed E-state index contributed by atoms with van der Waals surface area (Å²) in [6, 6.07) is 16.0. The van der Waals surface area contributed by atoms with E-state index in [1.165, 1.54) is 17.3 Å². The van der Waals surface area contributed by atoms with E-state index in [9.17, 15) is 4.79 Å². The molecule has 0 atom stereocenters. The highest BCUT2D eigenvalue weighted by Gasteiger charge is 2.38. The summed E-state index contributed by atoms with van der Waals surface area (Å²) < 4.78 is 7.45. The minimum absolute atomic E-state index is 0.0368. The van der Waals surface area contributed by atoms with Gasteiger partial charge in [-0.05, 0) is 23.8 Å². The van der Waals surface area contributed by atoms with E-state index in [0.717, 1.165) is 22.7 Å². The molecule has 0 bridgehead atoms. The summed E-state index contributed by atoms with van der Waals surface area (Å²) in [5, 5.41) is 9.41. The van der Waals surface area contributed by atoms with Crippen molar-refractivity contribution in [1.29, 1.82) is 0 Å². The van der Waals surface area contributed by atoms with Crippen molar-refractivity contribution in [2.24, 2.45) is 0 Å². The Morgan fingerprint density at radius 3 is 2.61 bits per heavy atom. The molecule has 0 saturated heterocycles. The number of allylic oxidation sites excluding steroid dienone is 3. The van der Waals surface area contributed by atoms with Gasteiger partial charge in [0.1, 0.15) is 5.75 Å². The molecule has 4 rings (SSSR count). The van der Waals surface area contributed by atoms with Gasteiger partial charge < -0.3 is 9.64 Å². The van der Waals surface area contributed by atoms with E-state index < -0.39 is 0 Å². The van der Waals surface area contributed by atoms with Crippen LogP contribution < -0.4 is 9.64 Å². The van der Waals surface area contributed by atoms with Crippen LogP contribution in [0.15, 0.2) is 78.1 Å². The number of methoxy groups -OCH3 is 1. The Bertz CT molecular complexity index is 1230. The average Bonchev–Trinajstić information content (AvgIpc) is 3.30. The highest BCUT2D eigenvalue weighted by atomic mass is 32.2. The lowest BCUT2D eigenvalue weighted by atomic mass is 9.83. The van der Waals surface area contributed by atoms with Crippen LogP contribution in [0.2, 0.25) is 0 Å². The van der Waals surface area contributed by atoms with Gasteiger partial charge in [-0.1, -0.05) is 62.0 Å². The maximum absolute atomic E-state index is 13.0. The maximum Gasteiger partial charge on any atom is 0.192 e. The molecule has 0 N–H and O–H groups in total. The normalized spacial score (nSPS) is 15.5. The SMILES string of the molecule is C=CCn1c(SCC(=O)/C=C2/N(C)c3ccccc3C2(C)C)nnc1-c1ccccc1OC. The molecule has 170 valence electrons. The van der Waals surface area contributed by atoms with E-state index in [-0.39, 0.29) is 17.0 Å². The van der Waals surface area contributed by atoms with Crippen LogP contribution in [-0.4, -0.2) is 40.5 Å². The third kappa shape index (κ3) is 4.20. The first kappa shape index (κ1) is 22.9. The monoisotopic (exact) mass is 460 g/mol. The maximum atomic E-state index is 13.0. The smallest absolute Gasteiger partial charge is 0.192 e. The summed E-state index contributed by atoms with van der Waals surface area (Å²) in [6.45, 7) is 8.70. The highest BCUT2D eigenvalue weighted by Crippen LogP contribution is 2.46. The summed E-state index contributed by atoms with van der Waals surface area (Å²) in [4.78, 5) is 15.1. The molecule has 2 heterocycles. The molecule has 1 aliphatic heterocycles. The lowest BCUT2D eigenvalue weighted by Gasteiger charge is -2.23. The second kappa shape index (κ2) is 9.27. The zero-order valence-electron chi connectivity index (χ0n) is 19.4. The Labute approximate surface area is 199 Å². The molecule has 0 fully saturated rings. The minimum Gasteiger partial charge on any atom is -0.496 e. The van der Waals surface area contributed by atoms with Gasteiger partial charge in [0.05, 0.1) is 18.4 Å². The number of carbonyl (C=O) groups excluding carboxylic acids is 1. The molecular weight excluding hydrogens is 432 g/mol. The third-order valence-electron chi connectivity index (χ3n) is 5.96. The quantitative estimate of drug-likeness (QED) is 0.264. The number of rotatable bonds is 8. The number of ketones is 1. The fourth-order valence-corrected chi connectivity index (χ4v) is 5.08. The molecule has 3 aromatic rings. The van der Waals surface area contributed by atoms with Gasteiger partial charge >= 0.3 is 0 Å². The summed E-state index contributed by atoms with van der Waals surface area (Å²) in [7, 11) is 3.65. The van der Waals surface area contributed by atoms with Crippen molar-refractivity contribution in [3.8, 4) is 17.1 Å². The van der Waals surface area contributed by atoms with Gasteiger partial charge in [-0.15, -0.1) is 16.8 Å². The number of hydrogen-bond donors (Lipinski definition) is 0. The number of benzene rings is 2. The third-order valence-corrected chi connectivity index (χ3v) is 6.95. The van der Waals surface area contributed by atoms with Gasteiger partial charge in [0.15, 0.2) is 16.8 Å². The van der Waals surface area contributed by atoms with Gasteiger partial charge in [0.2, 0.25) is 0 Å². The topological polar surface area (TPSA) is 60.2 Å². The number of thioether (sulfide) groups is 1. The van der Waals surface area contributed by atoms with Gasteiger partial charge in [0, 0.05) is 36.5 Å². The van der Waals surface area contributed by atoms with Crippen LogP contribution in [0, 0.1) is 0 Å². The minimum atomic E-state index is -0.231. The summed E-state index contributed by atoms with van der Waals surface area (Å²) in [5.74, 6) is 1.71. The molecule has 1 aliphatic rings. The van der Waals surface area contributed by atoms with Gasteiger partial charge in [0.25, 0.3) is 0 Å². The predicted molar refractivity (Wildman–Crippen MR) is 134 cm³/mol. The number of ether oxygens (including phenoxy) is 1. The Hall–Kier alpha value is -3.32. The fraction of sp³-hybridized carbons (Fsp3) is 0.269. The number of likely N-dealkylation sites (N-methyl/N-ethyl adjacent to an activating group) is 1. The van der Waals surface area contributed by atoms with E-state index in [0.29, 0.717) is 17.5 Å². The lowest BCUT2D eigenvalue weighted by Crippen LogP contribution is -2.24. The Balaban J connectivity index is 1.56. The van der Waals surface area contributed by atoms with Crippen LogP contribution in [0.1, 0.15) is 19.4 Å². The number of nitrogens with zero attached hydrogens (tertiary/aromatic N) is 4. The van der Waals surface area contributed by atoms with E-state index >= 15 is 0 Å². The molecule has 7 heteroatoms. The van der Waals surface area contributed by atoms with Crippen molar-refractivity contribution in [2.75, 3.05) is 24.8 Å². The number of para-hydroxylation sites is 2. The van der Waals surface area contributed by atoms with Crippen molar-refractivity contribution in [3.05, 3.63) is 78.5 Å². The van der Waals surface area contributed by atoms with Crippen LogP contribution in [0.5, 0.6) is 5.75 Å². The number of fused-ring (bicyclic) bond motifs is 1. The molecule has 0 amide bonds. The van der Waals surface area contributed by atoms with Gasteiger partial charge in [-0.25, -0.2) is 0 Å². The Morgan fingerprint density at radius 1 is 1.15 bits per heavy atom. The van der Waals surface area contributed by atoms with Crippen molar-refractivity contribution in [1.82, 2.24) is 14.8 Å². The number of anilines is 1. The largest absolute Gasteiger partial charge is 0.496 e. The summed E-state index contributed by atoms with van der Waals surface area (Å²) in [5.41, 5.74) is 3.98. The number of carbonyl (C=O) groups is 1. The van der Waals surface area contributed by atoms with E-state index in [4.69, 9.17) is 4.74 Å². The molecule has 0 radical (unpaired) electrons. The van der Waals surface area contributed by atoms with E-state index in [1.807, 2.05) is 48.0 Å². The Kier molecular flexibility index (Phi) is 6.42. The van der Waals surface area contributed by atoms with Crippen molar-refractivity contribution < 1.29 is 9.53 Å². The standard InChI is InChI=1S/C26H28N4O2S/c1-6-15-30-24(19-11-7-10-14-22(19)32-5)27-28-25(30)33-17-18(31)16-23-26(2,3)20-12-8-9-13-21(20)29(23)4/h6-14,16H,1,15,17H2,2-5H3/b23-16+. The second-order valence-electron chi connectivity index (χ2n) is 8.39. The highest BCUT2D eigenvalue weighted by molar-refractivity contribution is 7.99. The zero-order chi connectivity index (χ0) is 23.6. The first-order valence-corrected chi connectivity index (χ1v) is 11.8. The molecule has 2 aromatic carbocycles. The Morgan fingerprint density at radius 2 is 1.88 bits per heavy atom. The fourth-order valence-electron chi connectivity index (χ4n) is 4.31. The van der Waals surface area contributed by atoms with Crippen LogP contribution in [0.25, 0.3) is 11.4 Å². The van der Waals surface area contributed by atoms with Gasteiger partial charge in [-0.2, -0.15) is 0 Å². The summed E-state index contributed by atoms with van der Waals surface area (Å²) in [6.07, 6.45) is 3.56. The van der Waals surface area contributed by atoms with Gasteiger partial charge in [-0.3, -0.25) is 9.36 Å². The number of aromatic nitrogens is 3. The van der Waals surface area contributed by atoms with Crippen molar-refractivity contribution in [2.45, 2.75) is 31.0 Å². The molecule has 6 nitrogen and oxygen atoms in total. The second-order valence-corrected chi connectivity index (χ2v) is 9.33. The lowest BCUT2D eigenvalue weighted by molar-refractivity contribution is -0.112. The first-order valence-electron chi connectivity index (χ1n) is 10.8. The molecule has 0 unspecified atom stereocenters. The summed E-state index contributed by atoms with van der Waals surface area (Å²) >= 11 is 1.38. The molecule has 1 aromatic heterocycles. The average molecular weight is 461 g/mol. The zero-order valence-corrected chi connectivity index (χ0v) is 20.2. The molecule has 33 heavy (non-hydrogen) atoms. The molecular formula is C26H28N4O2S. The number of hydrogen-bond acceptors (Lipinski definition) is 6. The van der Waals surface area contributed by atoms with E-state index in [2.05, 4.69) is 47.7 Å². The van der Waals surface area contributed by atoms with Crippen LogP contribution >= 0.6 is 11.8 Å². The first-order chi connectivity index (χ1) is 15.9.